The first-order valence-corrected chi connectivity index (χ1v) is 6.77. The van der Waals surface area contributed by atoms with Crippen LogP contribution in [0.1, 0.15) is 17.2 Å². The molecule has 0 saturated carbocycles. The van der Waals surface area contributed by atoms with Crippen molar-refractivity contribution in [1.29, 1.82) is 0 Å². The van der Waals surface area contributed by atoms with Gasteiger partial charge in [-0.05, 0) is 42.3 Å². The number of nitrogens with one attached hydrogen (secondary N) is 1. The van der Waals surface area contributed by atoms with Gasteiger partial charge in [0.1, 0.15) is 0 Å². The zero-order chi connectivity index (χ0) is 13.0. The molecule has 0 spiro atoms. The van der Waals surface area contributed by atoms with Gasteiger partial charge in [0.05, 0.1) is 6.04 Å². The van der Waals surface area contributed by atoms with Crippen LogP contribution in [0.4, 0.5) is 5.69 Å². The number of halogens is 1. The lowest BCUT2D eigenvalue weighted by Crippen LogP contribution is -2.21. The highest BCUT2D eigenvalue weighted by molar-refractivity contribution is 9.10. The standard InChI is InChI=1S/C15H17BrN2/c1-11-4-2-3-5-14(11)15(10-17)18-13-8-6-12(16)7-9-13/h2-9,15,18H,10,17H2,1H3. The van der Waals surface area contributed by atoms with E-state index in [1.54, 1.807) is 0 Å². The zero-order valence-electron chi connectivity index (χ0n) is 10.4. The SMILES string of the molecule is Cc1ccccc1C(CN)Nc1ccc(Br)cc1. The first-order valence-electron chi connectivity index (χ1n) is 5.98. The van der Waals surface area contributed by atoms with Gasteiger partial charge in [0.25, 0.3) is 0 Å². The van der Waals surface area contributed by atoms with Crippen LogP contribution in [0.15, 0.2) is 53.0 Å². The van der Waals surface area contributed by atoms with E-state index in [-0.39, 0.29) is 6.04 Å². The molecular weight excluding hydrogens is 288 g/mol. The molecule has 1 atom stereocenters. The maximum absolute atomic E-state index is 5.88. The fourth-order valence-electron chi connectivity index (χ4n) is 1.99. The van der Waals surface area contributed by atoms with Crippen LogP contribution < -0.4 is 11.1 Å². The Labute approximate surface area is 116 Å². The molecule has 1 unspecified atom stereocenters. The van der Waals surface area contributed by atoms with E-state index >= 15 is 0 Å². The maximum Gasteiger partial charge on any atom is 0.0638 e. The van der Waals surface area contributed by atoms with Crippen molar-refractivity contribution in [3.05, 3.63) is 64.1 Å². The van der Waals surface area contributed by atoms with Gasteiger partial charge in [0.2, 0.25) is 0 Å². The maximum atomic E-state index is 5.88. The summed E-state index contributed by atoms with van der Waals surface area (Å²) in [7, 11) is 0. The Hall–Kier alpha value is -1.32. The molecule has 0 aliphatic heterocycles. The number of aryl methyl sites for hydroxylation is 1. The van der Waals surface area contributed by atoms with Gasteiger partial charge in [-0.1, -0.05) is 40.2 Å². The first kappa shape index (κ1) is 13.1. The average Bonchev–Trinajstić information content (AvgIpc) is 2.39. The van der Waals surface area contributed by atoms with E-state index in [2.05, 4.69) is 40.3 Å². The summed E-state index contributed by atoms with van der Waals surface area (Å²) in [6.07, 6.45) is 0. The smallest absolute Gasteiger partial charge is 0.0638 e. The number of nitrogens with two attached hydrogens (primary N) is 1. The molecule has 0 aliphatic rings. The summed E-state index contributed by atoms with van der Waals surface area (Å²) < 4.78 is 1.08. The van der Waals surface area contributed by atoms with E-state index in [9.17, 15) is 0 Å². The molecular formula is C15H17BrN2. The topological polar surface area (TPSA) is 38.0 Å². The molecule has 3 heteroatoms. The van der Waals surface area contributed by atoms with E-state index in [0.29, 0.717) is 6.54 Å². The third-order valence-electron chi connectivity index (χ3n) is 2.98. The van der Waals surface area contributed by atoms with Gasteiger partial charge in [0, 0.05) is 16.7 Å². The van der Waals surface area contributed by atoms with Crippen LogP contribution in [0.3, 0.4) is 0 Å². The van der Waals surface area contributed by atoms with E-state index in [0.717, 1.165) is 10.2 Å². The molecule has 2 aromatic rings. The van der Waals surface area contributed by atoms with Crippen LogP contribution in [0.5, 0.6) is 0 Å². The second-order valence-electron chi connectivity index (χ2n) is 4.30. The summed E-state index contributed by atoms with van der Waals surface area (Å²) >= 11 is 3.43. The molecule has 2 aromatic carbocycles. The molecule has 94 valence electrons. The molecule has 0 aromatic heterocycles. The number of benzene rings is 2. The molecule has 2 rings (SSSR count). The highest BCUT2D eigenvalue weighted by Gasteiger charge is 2.11. The molecule has 0 aliphatic carbocycles. The van der Waals surface area contributed by atoms with E-state index < -0.39 is 0 Å². The number of anilines is 1. The summed E-state index contributed by atoms with van der Waals surface area (Å²) in [4.78, 5) is 0. The fraction of sp³-hybridized carbons (Fsp3) is 0.200. The van der Waals surface area contributed by atoms with Crippen molar-refractivity contribution < 1.29 is 0 Å². The van der Waals surface area contributed by atoms with Gasteiger partial charge in [-0.2, -0.15) is 0 Å². The number of hydrogen-bond acceptors (Lipinski definition) is 2. The summed E-state index contributed by atoms with van der Waals surface area (Å²) in [5.74, 6) is 0. The molecule has 0 amide bonds. The Kier molecular flexibility index (Phi) is 4.39. The van der Waals surface area contributed by atoms with Crippen molar-refractivity contribution in [2.24, 2.45) is 5.73 Å². The van der Waals surface area contributed by atoms with Crippen molar-refractivity contribution in [1.82, 2.24) is 0 Å². The largest absolute Gasteiger partial charge is 0.377 e. The average molecular weight is 305 g/mol. The minimum atomic E-state index is 0.146. The highest BCUT2D eigenvalue weighted by Crippen LogP contribution is 2.22. The van der Waals surface area contributed by atoms with Crippen molar-refractivity contribution in [2.45, 2.75) is 13.0 Å². The third-order valence-corrected chi connectivity index (χ3v) is 3.51. The molecule has 0 saturated heterocycles. The van der Waals surface area contributed by atoms with Crippen LogP contribution in [-0.2, 0) is 0 Å². The normalized spacial score (nSPS) is 12.2. The summed E-state index contributed by atoms with van der Waals surface area (Å²) in [6.45, 7) is 2.68. The van der Waals surface area contributed by atoms with Crippen LogP contribution in [0.2, 0.25) is 0 Å². The van der Waals surface area contributed by atoms with Crippen molar-refractivity contribution in [2.75, 3.05) is 11.9 Å². The van der Waals surface area contributed by atoms with Gasteiger partial charge < -0.3 is 11.1 Å². The third kappa shape index (κ3) is 3.12. The lowest BCUT2D eigenvalue weighted by molar-refractivity contribution is 0.783. The minimum Gasteiger partial charge on any atom is -0.377 e. The highest BCUT2D eigenvalue weighted by atomic mass is 79.9. The fourth-order valence-corrected chi connectivity index (χ4v) is 2.25. The first-order chi connectivity index (χ1) is 8.70. The quantitative estimate of drug-likeness (QED) is 0.900. The van der Waals surface area contributed by atoms with Crippen LogP contribution in [0.25, 0.3) is 0 Å². The number of hydrogen-bond donors (Lipinski definition) is 2. The van der Waals surface area contributed by atoms with Gasteiger partial charge in [-0.15, -0.1) is 0 Å². The van der Waals surface area contributed by atoms with E-state index in [1.807, 2.05) is 36.4 Å². The van der Waals surface area contributed by atoms with Gasteiger partial charge in [-0.3, -0.25) is 0 Å². The Morgan fingerprint density at radius 3 is 2.39 bits per heavy atom. The molecule has 2 nitrogen and oxygen atoms in total. The molecule has 0 heterocycles. The second kappa shape index (κ2) is 6.03. The molecule has 0 bridgehead atoms. The molecule has 18 heavy (non-hydrogen) atoms. The zero-order valence-corrected chi connectivity index (χ0v) is 11.9. The van der Waals surface area contributed by atoms with E-state index in [1.165, 1.54) is 11.1 Å². The minimum absolute atomic E-state index is 0.146. The Balaban J connectivity index is 2.20. The summed E-state index contributed by atoms with van der Waals surface area (Å²) in [5.41, 5.74) is 9.47. The summed E-state index contributed by atoms with van der Waals surface area (Å²) in [6, 6.07) is 16.6. The Morgan fingerprint density at radius 1 is 1.11 bits per heavy atom. The lowest BCUT2D eigenvalue weighted by Gasteiger charge is -2.20. The van der Waals surface area contributed by atoms with Crippen LogP contribution in [-0.4, -0.2) is 6.54 Å². The Morgan fingerprint density at radius 2 is 1.78 bits per heavy atom. The van der Waals surface area contributed by atoms with Gasteiger partial charge >= 0.3 is 0 Å². The Bertz CT molecular complexity index is 508. The van der Waals surface area contributed by atoms with Crippen molar-refractivity contribution in [3.8, 4) is 0 Å². The number of rotatable bonds is 4. The summed E-state index contributed by atoms with van der Waals surface area (Å²) in [5, 5.41) is 3.47. The predicted octanol–water partition coefficient (Wildman–Crippen LogP) is 3.87. The van der Waals surface area contributed by atoms with Gasteiger partial charge in [0.15, 0.2) is 0 Å². The van der Waals surface area contributed by atoms with Crippen LogP contribution >= 0.6 is 15.9 Å². The molecule has 0 radical (unpaired) electrons. The lowest BCUT2D eigenvalue weighted by atomic mass is 10.0. The molecule has 3 N–H and O–H groups in total. The van der Waals surface area contributed by atoms with Crippen LogP contribution in [0, 0.1) is 6.92 Å². The second-order valence-corrected chi connectivity index (χ2v) is 5.21. The van der Waals surface area contributed by atoms with E-state index in [4.69, 9.17) is 5.73 Å². The van der Waals surface area contributed by atoms with Crippen molar-refractivity contribution >= 4 is 21.6 Å². The van der Waals surface area contributed by atoms with Crippen molar-refractivity contribution in [3.63, 3.8) is 0 Å². The molecule has 0 fully saturated rings. The monoisotopic (exact) mass is 304 g/mol. The van der Waals surface area contributed by atoms with Gasteiger partial charge in [-0.25, -0.2) is 0 Å². The predicted molar refractivity (Wildman–Crippen MR) is 80.7 cm³/mol.